The van der Waals surface area contributed by atoms with Gasteiger partial charge in [-0.15, -0.1) is 0 Å². The summed E-state index contributed by atoms with van der Waals surface area (Å²) in [6.07, 6.45) is 10.8. The molecule has 1 nitrogen and oxygen atoms in total. The van der Waals surface area contributed by atoms with Crippen LogP contribution in [0, 0.1) is 0 Å². The second kappa shape index (κ2) is 5.63. The Bertz CT molecular complexity index is 240. The summed E-state index contributed by atoms with van der Waals surface area (Å²) in [6.45, 7) is 4.30. The second-order valence-corrected chi connectivity index (χ2v) is 3.66. The number of allylic oxidation sites excluding steroid dienone is 2. The quantitative estimate of drug-likeness (QED) is 0.491. The number of hydrogen-bond acceptors (Lipinski definition) is 1. The Morgan fingerprint density at radius 3 is 2.85 bits per heavy atom. The lowest BCUT2D eigenvalue weighted by Gasteiger charge is -1.95. The van der Waals surface area contributed by atoms with Crippen LogP contribution in [-0.4, -0.2) is 0 Å². The van der Waals surface area contributed by atoms with E-state index in [1.165, 1.54) is 30.4 Å². The van der Waals surface area contributed by atoms with E-state index in [0.29, 0.717) is 0 Å². The predicted molar refractivity (Wildman–Crippen MR) is 55.7 cm³/mol. The molecule has 0 saturated heterocycles. The molecule has 0 N–H and O–H groups in total. The van der Waals surface area contributed by atoms with Gasteiger partial charge in [0.1, 0.15) is 0 Å². The van der Waals surface area contributed by atoms with Crippen LogP contribution in [0.15, 0.2) is 34.7 Å². The van der Waals surface area contributed by atoms with Gasteiger partial charge in [-0.3, -0.25) is 0 Å². The Kier molecular flexibility index (Phi) is 4.37. The van der Waals surface area contributed by atoms with Crippen LogP contribution in [-0.2, 0) is 6.42 Å². The lowest BCUT2D eigenvalue weighted by Crippen LogP contribution is -1.81. The standard InChI is InChI=1S/C12H18O/c1-11(2)6-4-3-5-7-12-8-9-13-10-12/h6,8-10H,3-5,7H2,1-2H3. The first kappa shape index (κ1) is 10.1. The third-order valence-corrected chi connectivity index (χ3v) is 2.05. The van der Waals surface area contributed by atoms with E-state index in [9.17, 15) is 0 Å². The van der Waals surface area contributed by atoms with E-state index in [1.54, 1.807) is 6.26 Å². The van der Waals surface area contributed by atoms with Crippen LogP contribution in [0.25, 0.3) is 0 Å². The lowest BCUT2D eigenvalue weighted by atomic mass is 10.1. The number of furan rings is 1. The molecular weight excluding hydrogens is 160 g/mol. The van der Waals surface area contributed by atoms with Crippen LogP contribution in [0.5, 0.6) is 0 Å². The molecule has 1 aromatic rings. The van der Waals surface area contributed by atoms with Crippen molar-refractivity contribution in [3.8, 4) is 0 Å². The van der Waals surface area contributed by atoms with Crippen molar-refractivity contribution in [2.75, 3.05) is 0 Å². The predicted octanol–water partition coefficient (Wildman–Crippen LogP) is 3.96. The molecule has 0 aliphatic rings. The third kappa shape index (κ3) is 4.56. The molecule has 0 unspecified atom stereocenters. The molecule has 72 valence electrons. The molecule has 0 aliphatic carbocycles. The maximum Gasteiger partial charge on any atom is 0.0934 e. The van der Waals surface area contributed by atoms with Gasteiger partial charge in [-0.1, -0.05) is 11.6 Å². The van der Waals surface area contributed by atoms with E-state index in [4.69, 9.17) is 4.42 Å². The van der Waals surface area contributed by atoms with Crippen LogP contribution < -0.4 is 0 Å². The fourth-order valence-electron chi connectivity index (χ4n) is 1.30. The molecule has 13 heavy (non-hydrogen) atoms. The van der Waals surface area contributed by atoms with E-state index < -0.39 is 0 Å². The van der Waals surface area contributed by atoms with Crippen molar-refractivity contribution in [3.05, 3.63) is 35.8 Å². The first-order valence-corrected chi connectivity index (χ1v) is 4.93. The number of unbranched alkanes of at least 4 members (excludes halogenated alkanes) is 2. The highest BCUT2D eigenvalue weighted by molar-refractivity contribution is 5.05. The summed E-state index contributed by atoms with van der Waals surface area (Å²) in [7, 11) is 0. The SMILES string of the molecule is CC(C)=CCCCCc1ccoc1. The zero-order chi connectivity index (χ0) is 9.52. The van der Waals surface area contributed by atoms with Crippen molar-refractivity contribution in [2.45, 2.75) is 39.5 Å². The summed E-state index contributed by atoms with van der Waals surface area (Å²) in [5.74, 6) is 0. The molecule has 0 aromatic carbocycles. The zero-order valence-electron chi connectivity index (χ0n) is 8.55. The first-order chi connectivity index (χ1) is 6.29. The highest BCUT2D eigenvalue weighted by atomic mass is 16.3. The van der Waals surface area contributed by atoms with Crippen LogP contribution in [0.2, 0.25) is 0 Å². The zero-order valence-corrected chi connectivity index (χ0v) is 8.55. The molecule has 0 fully saturated rings. The van der Waals surface area contributed by atoms with Crippen LogP contribution in [0.4, 0.5) is 0 Å². The van der Waals surface area contributed by atoms with Crippen LogP contribution >= 0.6 is 0 Å². The van der Waals surface area contributed by atoms with Gasteiger partial charge in [0.15, 0.2) is 0 Å². The summed E-state index contributed by atoms with van der Waals surface area (Å²) in [6, 6.07) is 2.04. The van der Waals surface area contributed by atoms with E-state index in [0.717, 1.165) is 6.42 Å². The van der Waals surface area contributed by atoms with Gasteiger partial charge in [-0.2, -0.15) is 0 Å². The first-order valence-electron chi connectivity index (χ1n) is 4.93. The van der Waals surface area contributed by atoms with E-state index in [1.807, 2.05) is 12.3 Å². The molecule has 1 heteroatoms. The summed E-state index contributed by atoms with van der Waals surface area (Å²) in [4.78, 5) is 0. The van der Waals surface area contributed by atoms with E-state index in [-0.39, 0.29) is 0 Å². The number of aryl methyl sites for hydroxylation is 1. The summed E-state index contributed by atoms with van der Waals surface area (Å²) in [5.41, 5.74) is 2.74. The summed E-state index contributed by atoms with van der Waals surface area (Å²) in [5, 5.41) is 0. The Labute approximate surface area is 80.5 Å². The van der Waals surface area contributed by atoms with Gasteiger partial charge < -0.3 is 4.42 Å². The number of hydrogen-bond donors (Lipinski definition) is 0. The van der Waals surface area contributed by atoms with Crippen LogP contribution in [0.3, 0.4) is 0 Å². The van der Waals surface area contributed by atoms with Crippen molar-refractivity contribution in [1.82, 2.24) is 0 Å². The van der Waals surface area contributed by atoms with Gasteiger partial charge in [0.05, 0.1) is 12.5 Å². The molecule has 1 rings (SSSR count). The maximum atomic E-state index is 5.00. The lowest BCUT2D eigenvalue weighted by molar-refractivity contribution is 0.562. The molecule has 0 saturated carbocycles. The molecular formula is C12H18O. The topological polar surface area (TPSA) is 13.1 Å². The van der Waals surface area contributed by atoms with Crippen molar-refractivity contribution in [2.24, 2.45) is 0 Å². The molecule has 0 radical (unpaired) electrons. The highest BCUT2D eigenvalue weighted by Crippen LogP contribution is 2.07. The minimum absolute atomic E-state index is 1.15. The largest absolute Gasteiger partial charge is 0.472 e. The summed E-state index contributed by atoms with van der Waals surface area (Å²) < 4.78 is 5.00. The maximum absolute atomic E-state index is 5.00. The molecule has 0 atom stereocenters. The monoisotopic (exact) mass is 178 g/mol. The van der Waals surface area contributed by atoms with Crippen molar-refractivity contribution in [1.29, 1.82) is 0 Å². The highest BCUT2D eigenvalue weighted by Gasteiger charge is 1.93. The van der Waals surface area contributed by atoms with Crippen LogP contribution in [0.1, 0.15) is 38.7 Å². The average Bonchev–Trinajstić information content (AvgIpc) is 2.55. The molecule has 0 aliphatic heterocycles. The minimum atomic E-state index is 1.15. The van der Waals surface area contributed by atoms with Gasteiger partial charge >= 0.3 is 0 Å². The fraction of sp³-hybridized carbons (Fsp3) is 0.500. The summed E-state index contributed by atoms with van der Waals surface area (Å²) >= 11 is 0. The average molecular weight is 178 g/mol. The molecule has 1 aromatic heterocycles. The molecule has 0 amide bonds. The normalized spacial score (nSPS) is 10.0. The van der Waals surface area contributed by atoms with Gasteiger partial charge in [-0.25, -0.2) is 0 Å². The molecule has 0 bridgehead atoms. The Morgan fingerprint density at radius 1 is 1.38 bits per heavy atom. The Balaban J connectivity index is 2.05. The molecule has 1 heterocycles. The Morgan fingerprint density at radius 2 is 2.23 bits per heavy atom. The van der Waals surface area contributed by atoms with Gasteiger partial charge in [0.2, 0.25) is 0 Å². The third-order valence-electron chi connectivity index (χ3n) is 2.05. The van der Waals surface area contributed by atoms with Gasteiger partial charge in [0, 0.05) is 0 Å². The van der Waals surface area contributed by atoms with Gasteiger partial charge in [-0.05, 0) is 51.2 Å². The van der Waals surface area contributed by atoms with Crippen molar-refractivity contribution >= 4 is 0 Å². The smallest absolute Gasteiger partial charge is 0.0934 e. The molecule has 0 spiro atoms. The Hall–Kier alpha value is -0.980. The van der Waals surface area contributed by atoms with Crippen molar-refractivity contribution in [3.63, 3.8) is 0 Å². The second-order valence-electron chi connectivity index (χ2n) is 3.66. The number of rotatable bonds is 5. The fourth-order valence-corrected chi connectivity index (χ4v) is 1.30. The van der Waals surface area contributed by atoms with E-state index >= 15 is 0 Å². The minimum Gasteiger partial charge on any atom is -0.472 e. The van der Waals surface area contributed by atoms with Crippen molar-refractivity contribution < 1.29 is 4.42 Å². The van der Waals surface area contributed by atoms with Gasteiger partial charge in [0.25, 0.3) is 0 Å². The van der Waals surface area contributed by atoms with E-state index in [2.05, 4.69) is 19.9 Å².